The van der Waals surface area contributed by atoms with E-state index in [1.807, 2.05) is 31.2 Å². The van der Waals surface area contributed by atoms with Gasteiger partial charge in [-0.25, -0.2) is 0 Å². The van der Waals surface area contributed by atoms with Gasteiger partial charge in [-0.05, 0) is 84.8 Å². The van der Waals surface area contributed by atoms with Crippen LogP contribution in [0.4, 0.5) is 11.4 Å². The first-order chi connectivity index (χ1) is 12.0. The van der Waals surface area contributed by atoms with Crippen LogP contribution in [-0.4, -0.2) is 24.1 Å². The number of benzene rings is 2. The Morgan fingerprint density at radius 1 is 1.16 bits per heavy atom. The summed E-state index contributed by atoms with van der Waals surface area (Å²) in [6.45, 7) is 8.22. The third-order valence-corrected chi connectivity index (χ3v) is 4.83. The molecular formula is C19H22BrN3OS. The summed E-state index contributed by atoms with van der Waals surface area (Å²) in [4.78, 5) is 14.6. The summed E-state index contributed by atoms with van der Waals surface area (Å²) < 4.78 is 0.732. The van der Waals surface area contributed by atoms with Crippen LogP contribution in [0.15, 0.2) is 46.9 Å². The number of nitrogens with zero attached hydrogens (tertiary/aromatic N) is 1. The van der Waals surface area contributed by atoms with E-state index >= 15 is 0 Å². The van der Waals surface area contributed by atoms with Crippen LogP contribution in [0.1, 0.15) is 29.8 Å². The van der Waals surface area contributed by atoms with Crippen LogP contribution in [-0.2, 0) is 0 Å². The summed E-state index contributed by atoms with van der Waals surface area (Å²) in [5.41, 5.74) is 3.67. The minimum Gasteiger partial charge on any atom is -0.372 e. The summed E-state index contributed by atoms with van der Waals surface area (Å²) in [6, 6.07) is 13.4. The van der Waals surface area contributed by atoms with E-state index in [1.54, 1.807) is 6.07 Å². The highest BCUT2D eigenvalue weighted by Crippen LogP contribution is 2.22. The van der Waals surface area contributed by atoms with Gasteiger partial charge in [-0.15, -0.1) is 0 Å². The lowest BCUT2D eigenvalue weighted by Crippen LogP contribution is -2.34. The summed E-state index contributed by atoms with van der Waals surface area (Å²) >= 11 is 8.65. The van der Waals surface area contributed by atoms with E-state index in [0.29, 0.717) is 5.56 Å². The van der Waals surface area contributed by atoms with Gasteiger partial charge in [-0.2, -0.15) is 0 Å². The van der Waals surface area contributed by atoms with Crippen molar-refractivity contribution in [3.63, 3.8) is 0 Å². The Morgan fingerprint density at radius 2 is 1.84 bits per heavy atom. The average molecular weight is 420 g/mol. The van der Waals surface area contributed by atoms with Gasteiger partial charge in [0.1, 0.15) is 0 Å². The van der Waals surface area contributed by atoms with Crippen molar-refractivity contribution in [3.8, 4) is 0 Å². The van der Waals surface area contributed by atoms with Crippen LogP contribution < -0.4 is 15.5 Å². The third kappa shape index (κ3) is 5.03. The Balaban J connectivity index is 2.05. The number of halogens is 1. The molecule has 0 unspecified atom stereocenters. The van der Waals surface area contributed by atoms with Crippen LogP contribution in [0.2, 0.25) is 0 Å². The zero-order chi connectivity index (χ0) is 18.4. The third-order valence-electron chi connectivity index (χ3n) is 3.93. The van der Waals surface area contributed by atoms with Gasteiger partial charge in [0.05, 0.1) is 5.56 Å². The lowest BCUT2D eigenvalue weighted by atomic mass is 10.1. The Kier molecular flexibility index (Phi) is 6.96. The molecular weight excluding hydrogens is 398 g/mol. The van der Waals surface area contributed by atoms with Crippen LogP contribution in [0.5, 0.6) is 0 Å². The molecule has 0 spiro atoms. The Bertz CT molecular complexity index is 775. The Morgan fingerprint density at radius 3 is 2.44 bits per heavy atom. The molecule has 0 saturated carbocycles. The fourth-order valence-corrected chi connectivity index (χ4v) is 3.21. The lowest BCUT2D eigenvalue weighted by Gasteiger charge is -2.22. The molecule has 0 atom stereocenters. The standard InChI is InChI=1S/C19H22BrN3OS/c1-4-23(5-2)14-10-11-17(13(3)12-14)21-19(25)22-18(24)15-8-6-7-9-16(15)20/h6-12H,4-5H2,1-3H3,(H2,21,22,24,25). The topological polar surface area (TPSA) is 44.4 Å². The second-order valence-electron chi connectivity index (χ2n) is 5.56. The Labute approximate surface area is 162 Å². The monoisotopic (exact) mass is 419 g/mol. The number of anilines is 2. The number of carbonyl (C=O) groups excluding carboxylic acids is 1. The first-order valence-electron chi connectivity index (χ1n) is 8.18. The molecule has 0 aliphatic carbocycles. The van der Waals surface area contributed by atoms with Gasteiger partial charge in [-0.1, -0.05) is 12.1 Å². The maximum atomic E-state index is 12.3. The molecule has 0 aliphatic heterocycles. The minimum absolute atomic E-state index is 0.248. The highest BCUT2D eigenvalue weighted by atomic mass is 79.9. The largest absolute Gasteiger partial charge is 0.372 e. The van der Waals surface area contributed by atoms with Gasteiger partial charge in [0.2, 0.25) is 0 Å². The summed E-state index contributed by atoms with van der Waals surface area (Å²) in [5.74, 6) is -0.248. The predicted octanol–water partition coefficient (Wildman–Crippen LogP) is 4.73. The molecule has 2 rings (SSSR count). The number of amides is 1. The van der Waals surface area contributed by atoms with E-state index in [9.17, 15) is 4.79 Å². The second-order valence-corrected chi connectivity index (χ2v) is 6.82. The summed E-state index contributed by atoms with van der Waals surface area (Å²) in [6.07, 6.45) is 0. The van der Waals surface area contributed by atoms with Crippen molar-refractivity contribution in [1.29, 1.82) is 0 Å². The SMILES string of the molecule is CCN(CC)c1ccc(NC(=S)NC(=O)c2ccccc2Br)c(C)c1. The molecule has 0 saturated heterocycles. The first kappa shape index (κ1) is 19.4. The highest BCUT2D eigenvalue weighted by molar-refractivity contribution is 9.10. The molecule has 2 N–H and O–H groups in total. The van der Waals surface area contributed by atoms with Gasteiger partial charge in [0.15, 0.2) is 5.11 Å². The van der Waals surface area contributed by atoms with Gasteiger partial charge < -0.3 is 10.2 Å². The fraction of sp³-hybridized carbons (Fsp3) is 0.263. The molecule has 25 heavy (non-hydrogen) atoms. The van der Waals surface area contributed by atoms with Crippen molar-refractivity contribution in [2.45, 2.75) is 20.8 Å². The molecule has 0 aromatic heterocycles. The van der Waals surface area contributed by atoms with E-state index in [0.717, 1.165) is 28.8 Å². The molecule has 2 aromatic carbocycles. The van der Waals surface area contributed by atoms with Gasteiger partial charge in [0, 0.05) is 28.9 Å². The van der Waals surface area contributed by atoms with E-state index in [-0.39, 0.29) is 11.0 Å². The molecule has 2 aromatic rings. The molecule has 0 aliphatic rings. The van der Waals surface area contributed by atoms with Crippen LogP contribution in [0, 0.1) is 6.92 Å². The maximum absolute atomic E-state index is 12.3. The van der Waals surface area contributed by atoms with Crippen molar-refractivity contribution in [2.24, 2.45) is 0 Å². The first-order valence-corrected chi connectivity index (χ1v) is 9.38. The van der Waals surface area contributed by atoms with E-state index in [1.165, 1.54) is 5.69 Å². The summed E-state index contributed by atoms with van der Waals surface area (Å²) in [7, 11) is 0. The van der Waals surface area contributed by atoms with Crippen molar-refractivity contribution in [2.75, 3.05) is 23.3 Å². The second kappa shape index (κ2) is 8.97. The van der Waals surface area contributed by atoms with Gasteiger partial charge >= 0.3 is 0 Å². The number of thiocarbonyl (C=S) groups is 1. The molecule has 1 amide bonds. The molecule has 0 radical (unpaired) electrons. The van der Waals surface area contributed by atoms with E-state index in [4.69, 9.17) is 12.2 Å². The van der Waals surface area contributed by atoms with E-state index in [2.05, 4.69) is 57.4 Å². The quantitative estimate of drug-likeness (QED) is 0.687. The van der Waals surface area contributed by atoms with Crippen molar-refractivity contribution in [1.82, 2.24) is 5.32 Å². The van der Waals surface area contributed by atoms with Crippen LogP contribution >= 0.6 is 28.1 Å². The average Bonchev–Trinajstić information content (AvgIpc) is 2.58. The van der Waals surface area contributed by atoms with Crippen molar-refractivity contribution >= 4 is 50.5 Å². The van der Waals surface area contributed by atoms with Crippen LogP contribution in [0.25, 0.3) is 0 Å². The van der Waals surface area contributed by atoms with Crippen molar-refractivity contribution < 1.29 is 4.79 Å². The fourth-order valence-electron chi connectivity index (χ4n) is 2.54. The molecule has 0 heterocycles. The summed E-state index contributed by atoms with van der Waals surface area (Å²) in [5, 5.41) is 6.09. The highest BCUT2D eigenvalue weighted by Gasteiger charge is 2.12. The molecule has 4 nitrogen and oxygen atoms in total. The van der Waals surface area contributed by atoms with Gasteiger partial charge in [0.25, 0.3) is 5.91 Å². The zero-order valence-electron chi connectivity index (χ0n) is 14.6. The molecule has 132 valence electrons. The number of nitrogens with one attached hydrogen (secondary N) is 2. The number of hydrogen-bond donors (Lipinski definition) is 2. The smallest absolute Gasteiger partial charge is 0.258 e. The molecule has 6 heteroatoms. The van der Waals surface area contributed by atoms with Gasteiger partial charge in [-0.3, -0.25) is 10.1 Å². The molecule has 0 fully saturated rings. The van der Waals surface area contributed by atoms with Crippen LogP contribution in [0.3, 0.4) is 0 Å². The number of carbonyl (C=O) groups is 1. The number of hydrogen-bond acceptors (Lipinski definition) is 3. The maximum Gasteiger partial charge on any atom is 0.258 e. The Hall–Kier alpha value is -1.92. The molecule has 0 bridgehead atoms. The van der Waals surface area contributed by atoms with E-state index < -0.39 is 0 Å². The zero-order valence-corrected chi connectivity index (χ0v) is 17.0. The lowest BCUT2D eigenvalue weighted by molar-refractivity contribution is 0.0977. The number of rotatable bonds is 5. The number of aryl methyl sites for hydroxylation is 1. The minimum atomic E-state index is -0.248. The predicted molar refractivity (Wildman–Crippen MR) is 113 cm³/mol. The van der Waals surface area contributed by atoms with Crippen molar-refractivity contribution in [3.05, 3.63) is 58.1 Å². The normalized spacial score (nSPS) is 10.2.